The van der Waals surface area contributed by atoms with Crippen LogP contribution in [0.4, 0.5) is 0 Å². The largest absolute Gasteiger partial charge is 0.394 e. The van der Waals surface area contributed by atoms with Gasteiger partial charge in [-0.1, -0.05) is 0 Å². The number of carbonyl (C=O) groups excluding carboxylic acids is 2. The second kappa shape index (κ2) is 29.3. The minimum Gasteiger partial charge on any atom is -0.394 e. The van der Waals surface area contributed by atoms with E-state index in [1.54, 1.807) is 0 Å². The molecule has 0 saturated carbocycles. The first-order valence-corrected chi connectivity index (χ1v) is 26.5. The van der Waals surface area contributed by atoms with E-state index >= 15 is 0 Å². The Kier molecular flexibility index (Phi) is 24.0. The smallest absolute Gasteiger partial charge is 0.217 e. The first-order valence-electron chi connectivity index (χ1n) is 26.5. The molecule has 0 bridgehead atoms. The fourth-order valence-electron chi connectivity index (χ4n) is 10.4. The van der Waals surface area contributed by atoms with Crippen LogP contribution in [0.3, 0.4) is 0 Å². The van der Waals surface area contributed by atoms with E-state index in [-0.39, 0.29) is 0 Å². The van der Waals surface area contributed by atoms with Gasteiger partial charge in [-0.15, -0.1) is 0 Å². The number of hydrogen-bond acceptors (Lipinski definition) is 35. The van der Waals surface area contributed by atoms with E-state index in [0.717, 1.165) is 13.8 Å². The molecule has 37 nitrogen and oxygen atoms in total. The number of nitrogens with one attached hydrogen (secondary N) is 2. The van der Waals surface area contributed by atoms with Gasteiger partial charge in [0.15, 0.2) is 44.0 Å². The predicted octanol–water partition coefficient (Wildman–Crippen LogP) is -15.0. The number of amides is 2. The molecule has 0 aromatic heterocycles. The van der Waals surface area contributed by atoms with Crippen molar-refractivity contribution in [2.24, 2.45) is 0 Å². The van der Waals surface area contributed by atoms with Crippen LogP contribution in [0, 0.1) is 0 Å². The predicted molar refractivity (Wildman–Crippen MR) is 254 cm³/mol. The van der Waals surface area contributed by atoms with Crippen molar-refractivity contribution in [1.82, 2.24) is 10.6 Å². The fraction of sp³-hybridized carbons (Fsp3) is 0.957. The van der Waals surface area contributed by atoms with Gasteiger partial charge in [-0.3, -0.25) is 9.59 Å². The maximum atomic E-state index is 12.8. The van der Waals surface area contributed by atoms with E-state index in [1.807, 2.05) is 0 Å². The van der Waals surface area contributed by atoms with E-state index in [2.05, 4.69) is 10.6 Å². The molecule has 37 heteroatoms. The highest BCUT2D eigenvalue weighted by molar-refractivity contribution is 5.73. The molecule has 83 heavy (non-hydrogen) atoms. The van der Waals surface area contributed by atoms with Crippen LogP contribution in [-0.4, -0.2) is 368 Å². The van der Waals surface area contributed by atoms with Crippen molar-refractivity contribution in [1.29, 1.82) is 0 Å². The van der Waals surface area contributed by atoms with Crippen molar-refractivity contribution in [3.63, 3.8) is 0 Å². The molecule has 0 radical (unpaired) electrons. The molecule has 35 atom stereocenters. The lowest BCUT2D eigenvalue weighted by molar-refractivity contribution is -0.384. The molecule has 7 fully saturated rings. The number of ether oxygens (including phenoxy) is 13. The summed E-state index contributed by atoms with van der Waals surface area (Å²) in [5.74, 6) is -1.65. The highest BCUT2D eigenvalue weighted by atomic mass is 16.8. The van der Waals surface area contributed by atoms with Gasteiger partial charge in [0.25, 0.3) is 0 Å². The van der Waals surface area contributed by atoms with Crippen molar-refractivity contribution >= 4 is 11.8 Å². The third-order valence-electron chi connectivity index (χ3n) is 15.2. The molecule has 482 valence electrons. The third-order valence-corrected chi connectivity index (χ3v) is 15.2. The zero-order valence-corrected chi connectivity index (χ0v) is 44.5. The summed E-state index contributed by atoms with van der Waals surface area (Å²) >= 11 is 0. The van der Waals surface area contributed by atoms with Crippen LogP contribution in [-0.2, 0) is 71.2 Å². The first-order chi connectivity index (χ1) is 39.1. The Morgan fingerprint density at radius 3 is 1.20 bits per heavy atom. The van der Waals surface area contributed by atoms with Crippen LogP contribution in [0.25, 0.3) is 0 Å². The van der Waals surface area contributed by atoms with Gasteiger partial charge in [0.2, 0.25) is 11.8 Å². The summed E-state index contributed by atoms with van der Waals surface area (Å²) in [6.07, 6.45) is -62.2. The van der Waals surface area contributed by atoms with E-state index in [0.29, 0.717) is 0 Å². The molecule has 7 aliphatic rings. The molecular weight excluding hydrogens is 1140 g/mol. The van der Waals surface area contributed by atoms with Gasteiger partial charge in [0.1, 0.15) is 165 Å². The number of aliphatic hydroxyl groups is 20. The molecule has 0 spiro atoms. The Morgan fingerprint density at radius 2 is 0.687 bits per heavy atom. The lowest BCUT2D eigenvalue weighted by atomic mass is 9.94. The summed E-state index contributed by atoms with van der Waals surface area (Å²) in [6, 6.07) is -3.49. The normalized spacial score (nSPS) is 50.8. The summed E-state index contributed by atoms with van der Waals surface area (Å²) < 4.78 is 74.3. The van der Waals surface area contributed by atoms with Crippen molar-refractivity contribution in [3.05, 3.63) is 0 Å². The Morgan fingerprint density at radius 1 is 0.337 bits per heavy atom. The zero-order chi connectivity index (χ0) is 61.2. The Balaban J connectivity index is 1.12. The average molecular weight is 1220 g/mol. The molecule has 0 aromatic carbocycles. The lowest BCUT2D eigenvalue weighted by Gasteiger charge is -2.50. The number of aliphatic hydroxyl groups excluding tert-OH is 20. The summed E-state index contributed by atoms with van der Waals surface area (Å²) in [4.78, 5) is 25.0. The lowest BCUT2D eigenvalue weighted by Crippen LogP contribution is -2.70. The Hall–Kier alpha value is -2.38. The SMILES string of the molecule is CC(=O)N[C@@H]1[C@H](O[C@H]2[C@H](O)[C@@H](NC(C)=O)C(O)O[C@@H]2CO[C@@H]2O[C@@H](C)[C@@H](O)[C@@H](O)[C@@H]2O)O[C@H](CO)[C@@H](O[C@@H]2O[C@H](CO[C@H]3O[C@H](CO[C@H]4O[C@H](CO)[C@@H](O)[C@H](O)[C@@H]4O)[C@@H](O)[C@H](O)[C@@H]3O)[C@@H](O)[C@H](O[C@H]3O[C@H](CO)[C@@H](O)[C@H](O)[C@@H]3O)[C@@H]2O)[C@@H]1O. The van der Waals surface area contributed by atoms with Crippen molar-refractivity contribution in [2.45, 2.75) is 236 Å². The Bertz CT molecular complexity index is 2040. The average Bonchev–Trinajstić information content (AvgIpc) is 3.62. The molecule has 0 aromatic rings. The highest BCUT2D eigenvalue weighted by Crippen LogP contribution is 2.36. The standard InChI is InChI=1S/C46H78N2O35/c1-10-21(54)28(61)32(65)42(74-10)73-9-18-38(26(59)19(40(70)75-18)47-11(2)52)81-41-20(48-12(3)53)27(60)37(15(6-51)78-41)82-46-36(69)39(83-45-35(68)30(63)23(56)14(5-50)77-45)25(58)17(80-46)8-72-44-34(67)31(64)24(57)16(79-44)7-71-43-33(66)29(62)22(55)13(4-49)76-43/h10,13-46,49-51,54-70H,4-9H2,1-3H3,(H,47,52)(H,48,53)/t10-,13+,14+,15+,16+,17+,18+,19+,20-,21+,22+,23+,24+,25+,26+,27+,28+,29-,30-,31-,32-,33-,34-,35-,36-,37+,38+,39-,40?,41-,42+,43-,44-,45+,46-/m0/s1. The van der Waals surface area contributed by atoms with Crippen molar-refractivity contribution in [3.8, 4) is 0 Å². The molecule has 7 saturated heterocycles. The highest BCUT2D eigenvalue weighted by Gasteiger charge is 2.57. The van der Waals surface area contributed by atoms with Crippen LogP contribution in [0.1, 0.15) is 20.8 Å². The minimum atomic E-state index is -2.31. The van der Waals surface area contributed by atoms with Gasteiger partial charge < -0.3 is 174 Å². The molecule has 7 rings (SSSR count). The molecule has 0 aliphatic carbocycles. The van der Waals surface area contributed by atoms with Crippen LogP contribution >= 0.6 is 0 Å². The van der Waals surface area contributed by atoms with Crippen LogP contribution in [0.15, 0.2) is 0 Å². The van der Waals surface area contributed by atoms with Gasteiger partial charge in [0.05, 0.1) is 45.7 Å². The van der Waals surface area contributed by atoms with E-state index in [1.165, 1.54) is 6.92 Å². The zero-order valence-electron chi connectivity index (χ0n) is 44.5. The van der Waals surface area contributed by atoms with Gasteiger partial charge >= 0.3 is 0 Å². The van der Waals surface area contributed by atoms with Gasteiger partial charge in [-0.05, 0) is 6.92 Å². The number of rotatable bonds is 20. The van der Waals surface area contributed by atoms with Gasteiger partial charge in [-0.2, -0.15) is 0 Å². The minimum absolute atomic E-state index is 0.757. The third kappa shape index (κ3) is 15.0. The van der Waals surface area contributed by atoms with Crippen LogP contribution in [0.2, 0.25) is 0 Å². The van der Waals surface area contributed by atoms with E-state index in [9.17, 15) is 112 Å². The monoisotopic (exact) mass is 1220 g/mol. The molecule has 22 N–H and O–H groups in total. The second-order valence-electron chi connectivity index (χ2n) is 21.1. The summed E-state index contributed by atoms with van der Waals surface area (Å²) in [6.45, 7) is -2.04. The number of carbonyl (C=O) groups is 2. The Labute approximate surface area is 470 Å². The van der Waals surface area contributed by atoms with Crippen molar-refractivity contribution in [2.75, 3.05) is 39.6 Å². The quantitative estimate of drug-likeness (QED) is 0.0538. The summed E-state index contributed by atoms with van der Waals surface area (Å²) in [5.41, 5.74) is 0. The molecule has 7 aliphatic heterocycles. The summed E-state index contributed by atoms with van der Waals surface area (Å²) in [7, 11) is 0. The number of hydrogen-bond donors (Lipinski definition) is 22. The molecule has 1 unspecified atom stereocenters. The topological polar surface area (TPSA) is 583 Å². The second-order valence-corrected chi connectivity index (χ2v) is 21.1. The van der Waals surface area contributed by atoms with Gasteiger partial charge in [-0.25, -0.2) is 0 Å². The van der Waals surface area contributed by atoms with Crippen LogP contribution < -0.4 is 10.6 Å². The van der Waals surface area contributed by atoms with E-state index in [4.69, 9.17) is 61.6 Å². The van der Waals surface area contributed by atoms with Crippen molar-refractivity contribution < 1.29 is 173 Å². The van der Waals surface area contributed by atoms with E-state index < -0.39 is 266 Å². The molecule has 7 heterocycles. The van der Waals surface area contributed by atoms with Gasteiger partial charge in [0, 0.05) is 13.8 Å². The maximum absolute atomic E-state index is 12.8. The molecule has 2 amide bonds. The first kappa shape index (κ1) is 68.1. The fourth-order valence-corrected chi connectivity index (χ4v) is 10.4. The molecular formula is C46H78N2O35. The maximum Gasteiger partial charge on any atom is 0.217 e. The summed E-state index contributed by atoms with van der Waals surface area (Å²) in [5, 5.41) is 220. The van der Waals surface area contributed by atoms with Crippen LogP contribution in [0.5, 0.6) is 0 Å².